The third kappa shape index (κ3) is 4.18. The van der Waals surface area contributed by atoms with E-state index in [4.69, 9.17) is 0 Å². The van der Waals surface area contributed by atoms with Crippen LogP contribution >= 0.6 is 11.8 Å². The normalized spacial score (nSPS) is 12.2. The Balaban J connectivity index is 1.33. The topological polar surface area (TPSA) is 16.1 Å². The van der Waals surface area contributed by atoms with Crippen molar-refractivity contribution in [2.75, 3.05) is 4.90 Å². The van der Waals surface area contributed by atoms with E-state index in [2.05, 4.69) is 155 Å². The first-order valence-corrected chi connectivity index (χ1v) is 14.9. The molecule has 0 saturated carbocycles. The van der Waals surface area contributed by atoms with Crippen LogP contribution < -0.4 is 4.90 Å². The number of pyridine rings is 1. The van der Waals surface area contributed by atoms with Gasteiger partial charge in [0.1, 0.15) is 0 Å². The van der Waals surface area contributed by atoms with Crippen LogP contribution in [-0.2, 0) is 0 Å². The molecule has 42 heavy (non-hydrogen) atoms. The zero-order valence-corrected chi connectivity index (χ0v) is 23.6. The van der Waals surface area contributed by atoms with E-state index in [0.717, 1.165) is 5.69 Å². The molecule has 8 rings (SSSR count). The van der Waals surface area contributed by atoms with Crippen LogP contribution in [0.15, 0.2) is 156 Å². The van der Waals surface area contributed by atoms with Crippen molar-refractivity contribution in [3.63, 3.8) is 0 Å². The molecule has 0 atom stereocenters. The van der Waals surface area contributed by atoms with Crippen LogP contribution in [0.25, 0.3) is 44.8 Å². The maximum atomic E-state index is 4.56. The lowest BCUT2D eigenvalue weighted by Crippen LogP contribution is -2.11. The van der Waals surface area contributed by atoms with Gasteiger partial charge in [0.25, 0.3) is 0 Å². The lowest BCUT2D eigenvalue weighted by Gasteiger charge is -2.27. The summed E-state index contributed by atoms with van der Waals surface area (Å²) in [4.78, 5) is 9.39. The number of hydrogen-bond donors (Lipinski definition) is 0. The van der Waals surface area contributed by atoms with E-state index in [1.54, 1.807) is 0 Å². The van der Waals surface area contributed by atoms with Crippen LogP contribution in [0.5, 0.6) is 0 Å². The number of anilines is 3. The van der Waals surface area contributed by atoms with Crippen molar-refractivity contribution < 1.29 is 0 Å². The first-order chi connectivity index (χ1) is 20.8. The van der Waals surface area contributed by atoms with Gasteiger partial charge >= 0.3 is 0 Å². The van der Waals surface area contributed by atoms with E-state index < -0.39 is 0 Å². The van der Waals surface area contributed by atoms with Gasteiger partial charge in [0.2, 0.25) is 0 Å². The molecule has 1 aliphatic heterocycles. The Labute approximate surface area is 249 Å². The lowest BCUT2D eigenvalue weighted by atomic mass is 9.93. The Morgan fingerprint density at radius 2 is 1.19 bits per heavy atom. The third-order valence-corrected chi connectivity index (χ3v) is 9.07. The van der Waals surface area contributed by atoms with Gasteiger partial charge in [-0.25, -0.2) is 0 Å². The molecule has 0 amide bonds. The predicted octanol–water partition coefficient (Wildman–Crippen LogP) is 11.2. The van der Waals surface area contributed by atoms with E-state index >= 15 is 0 Å². The van der Waals surface area contributed by atoms with Crippen LogP contribution in [0.3, 0.4) is 0 Å². The van der Waals surface area contributed by atoms with Gasteiger partial charge in [0.15, 0.2) is 0 Å². The Morgan fingerprint density at radius 3 is 2.02 bits per heavy atom. The van der Waals surface area contributed by atoms with Gasteiger partial charge in [-0.2, -0.15) is 0 Å². The van der Waals surface area contributed by atoms with Gasteiger partial charge in [-0.05, 0) is 74.8 Å². The minimum absolute atomic E-state index is 1.14. The SMILES string of the molecule is C1=Cc2ccc(Sc3c4ccccc4c(-c4ccccc4)c4cnccc34)cc2N(c2ccccc2)c2ccccc21. The number of para-hydroxylation sites is 2. The highest BCUT2D eigenvalue weighted by molar-refractivity contribution is 7.99. The third-order valence-electron chi connectivity index (χ3n) is 7.94. The standard InChI is InChI=1S/C39H26N2S/c1-3-12-29(13-4-1)38-32-16-8-9-17-33(32)39(34-23-24-40-26-35(34)38)42-31-22-21-28-20-19-27-11-7-10-18-36(27)41(37(28)25-31)30-14-5-2-6-15-30/h1-26H. The molecule has 1 aromatic heterocycles. The van der Waals surface area contributed by atoms with E-state index in [9.17, 15) is 0 Å². The number of hydrogen-bond acceptors (Lipinski definition) is 3. The fourth-order valence-corrected chi connectivity index (χ4v) is 7.16. The van der Waals surface area contributed by atoms with Crippen molar-refractivity contribution in [1.82, 2.24) is 4.98 Å². The molecule has 0 fully saturated rings. The lowest BCUT2D eigenvalue weighted by molar-refractivity contribution is 1.25. The molecule has 0 unspecified atom stereocenters. The van der Waals surface area contributed by atoms with E-state index in [0.29, 0.717) is 0 Å². The zero-order chi connectivity index (χ0) is 27.9. The molecule has 0 radical (unpaired) electrons. The van der Waals surface area contributed by atoms with Crippen molar-refractivity contribution in [2.24, 2.45) is 0 Å². The minimum atomic E-state index is 1.14. The number of benzene rings is 6. The zero-order valence-electron chi connectivity index (χ0n) is 22.8. The summed E-state index contributed by atoms with van der Waals surface area (Å²) < 4.78 is 0. The van der Waals surface area contributed by atoms with E-state index in [-0.39, 0.29) is 0 Å². The summed E-state index contributed by atoms with van der Waals surface area (Å²) in [7, 11) is 0. The number of nitrogens with zero attached hydrogens (tertiary/aromatic N) is 2. The fraction of sp³-hybridized carbons (Fsp3) is 0. The Bertz CT molecular complexity index is 2060. The average Bonchev–Trinajstić information content (AvgIpc) is 3.22. The van der Waals surface area contributed by atoms with E-state index in [1.165, 1.54) is 65.0 Å². The molecule has 3 heteroatoms. The van der Waals surface area contributed by atoms with Crippen molar-refractivity contribution >= 4 is 62.5 Å². The Kier molecular flexibility index (Phi) is 6.09. The molecule has 0 bridgehead atoms. The molecule has 198 valence electrons. The summed E-state index contributed by atoms with van der Waals surface area (Å²) in [6.45, 7) is 0. The van der Waals surface area contributed by atoms with Crippen LogP contribution in [0, 0.1) is 0 Å². The predicted molar refractivity (Wildman–Crippen MR) is 179 cm³/mol. The second-order valence-corrected chi connectivity index (χ2v) is 11.5. The molecule has 7 aromatic rings. The first kappa shape index (κ1) is 24.7. The molecule has 6 aromatic carbocycles. The first-order valence-electron chi connectivity index (χ1n) is 14.1. The van der Waals surface area contributed by atoms with Crippen molar-refractivity contribution in [1.29, 1.82) is 0 Å². The van der Waals surface area contributed by atoms with Gasteiger partial charge in [0, 0.05) is 33.3 Å². The van der Waals surface area contributed by atoms with Crippen molar-refractivity contribution in [3.8, 4) is 11.1 Å². The number of aromatic nitrogens is 1. The van der Waals surface area contributed by atoms with Crippen molar-refractivity contribution in [3.05, 3.63) is 157 Å². The summed E-state index contributed by atoms with van der Waals surface area (Å²) in [5.41, 5.74) is 8.32. The summed E-state index contributed by atoms with van der Waals surface area (Å²) in [6, 6.07) is 47.7. The molecular weight excluding hydrogens is 529 g/mol. The summed E-state index contributed by atoms with van der Waals surface area (Å²) >= 11 is 1.83. The van der Waals surface area contributed by atoms with Crippen LogP contribution in [0.2, 0.25) is 0 Å². The highest BCUT2D eigenvalue weighted by atomic mass is 32.2. The highest BCUT2D eigenvalue weighted by Crippen LogP contribution is 2.47. The van der Waals surface area contributed by atoms with E-state index in [1.807, 2.05) is 24.2 Å². The smallest absolute Gasteiger partial charge is 0.0545 e. The van der Waals surface area contributed by atoms with Gasteiger partial charge < -0.3 is 4.90 Å². The van der Waals surface area contributed by atoms with Crippen LogP contribution in [0.1, 0.15) is 11.1 Å². The van der Waals surface area contributed by atoms with Crippen LogP contribution in [-0.4, -0.2) is 4.98 Å². The Morgan fingerprint density at radius 1 is 0.524 bits per heavy atom. The molecule has 2 nitrogen and oxygen atoms in total. The quantitative estimate of drug-likeness (QED) is 0.201. The largest absolute Gasteiger partial charge is 0.309 e. The second kappa shape index (κ2) is 10.4. The maximum Gasteiger partial charge on any atom is 0.0545 e. The minimum Gasteiger partial charge on any atom is -0.309 e. The molecule has 2 heterocycles. The maximum absolute atomic E-state index is 4.56. The number of fused-ring (bicyclic) bond motifs is 4. The average molecular weight is 555 g/mol. The Hall–Kier alpha value is -5.12. The second-order valence-electron chi connectivity index (χ2n) is 10.4. The monoisotopic (exact) mass is 554 g/mol. The summed E-state index contributed by atoms with van der Waals surface area (Å²) in [5, 5.41) is 4.87. The number of rotatable bonds is 4. The van der Waals surface area contributed by atoms with Gasteiger partial charge in [-0.3, -0.25) is 4.98 Å². The summed E-state index contributed by atoms with van der Waals surface area (Å²) in [5.74, 6) is 0. The molecule has 0 saturated heterocycles. The van der Waals surface area contributed by atoms with Gasteiger partial charge in [-0.15, -0.1) is 0 Å². The van der Waals surface area contributed by atoms with Gasteiger partial charge in [0.05, 0.1) is 11.4 Å². The molecule has 0 N–H and O–H groups in total. The molecule has 0 aliphatic carbocycles. The molecular formula is C39H26N2S. The van der Waals surface area contributed by atoms with Crippen LogP contribution in [0.4, 0.5) is 17.1 Å². The molecule has 0 spiro atoms. The van der Waals surface area contributed by atoms with Crippen molar-refractivity contribution in [2.45, 2.75) is 9.79 Å². The van der Waals surface area contributed by atoms with Gasteiger partial charge in [-0.1, -0.05) is 121 Å². The highest BCUT2D eigenvalue weighted by Gasteiger charge is 2.21. The molecule has 1 aliphatic rings. The fourth-order valence-electron chi connectivity index (χ4n) is 6.04. The summed E-state index contributed by atoms with van der Waals surface area (Å²) in [6.07, 6.45) is 8.38.